The van der Waals surface area contributed by atoms with E-state index in [1.54, 1.807) is 16.7 Å². The van der Waals surface area contributed by atoms with Crippen molar-refractivity contribution in [3.05, 3.63) is 117 Å². The monoisotopic (exact) mass is 470 g/mol. The molecule has 4 aromatic carbocycles. The molecule has 0 nitrogen and oxygen atoms in total. The van der Waals surface area contributed by atoms with E-state index in [9.17, 15) is 0 Å². The summed E-state index contributed by atoms with van der Waals surface area (Å²) >= 11 is 0. The molecule has 0 atom stereocenters. The number of rotatable bonds is 3. The smallest absolute Gasteiger partial charge is 0.00105 e. The van der Waals surface area contributed by atoms with Gasteiger partial charge in [0.05, 0.1) is 0 Å². The Hall–Kier alpha value is -3.12. The van der Waals surface area contributed by atoms with Crippen LogP contribution in [0.1, 0.15) is 86.1 Å². The topological polar surface area (TPSA) is 0 Å². The number of fused-ring (bicyclic) bond motifs is 6. The number of benzene rings is 4. The van der Waals surface area contributed by atoms with E-state index in [-0.39, 0.29) is 10.8 Å². The molecule has 0 amide bonds. The Morgan fingerprint density at radius 2 is 1.22 bits per heavy atom. The molecule has 0 bridgehead atoms. The van der Waals surface area contributed by atoms with Gasteiger partial charge in [-0.05, 0) is 103 Å². The second-order valence-electron chi connectivity index (χ2n) is 12.9. The maximum atomic E-state index is 2.47. The fraction of sp³-hybridized carbons (Fsp3) is 0.333. The minimum absolute atomic E-state index is 0.130. The molecule has 182 valence electrons. The van der Waals surface area contributed by atoms with Gasteiger partial charge in [0.25, 0.3) is 0 Å². The van der Waals surface area contributed by atoms with Crippen LogP contribution in [0, 0.1) is 0 Å². The van der Waals surface area contributed by atoms with Gasteiger partial charge in [-0.25, -0.2) is 0 Å². The zero-order chi connectivity index (χ0) is 25.2. The molecule has 0 aliphatic heterocycles. The standard InChI is InChI=1S/C36H38/c1-35(2,3)26-15-17-28-25(20-26)22-33-30(28)18-19-34(36(4,5)6)31(33)16-14-23-11-9-13-29-27-12-8-7-10-24(27)21-32(23)29/h7-13,15,17-20H,14,16,21-22H2,1-6H3. The van der Waals surface area contributed by atoms with Gasteiger partial charge in [-0.2, -0.15) is 0 Å². The van der Waals surface area contributed by atoms with Gasteiger partial charge in [0.15, 0.2) is 0 Å². The summed E-state index contributed by atoms with van der Waals surface area (Å²) in [6.45, 7) is 14.1. The second kappa shape index (κ2) is 8.20. The minimum Gasteiger partial charge on any atom is -0.0619 e. The molecule has 0 saturated heterocycles. The van der Waals surface area contributed by atoms with Crippen molar-refractivity contribution in [3.63, 3.8) is 0 Å². The molecule has 0 radical (unpaired) electrons. The fourth-order valence-electron chi connectivity index (χ4n) is 6.51. The lowest BCUT2D eigenvalue weighted by atomic mass is 9.79. The maximum absolute atomic E-state index is 2.47. The van der Waals surface area contributed by atoms with E-state index in [1.165, 1.54) is 50.1 Å². The van der Waals surface area contributed by atoms with Crippen molar-refractivity contribution >= 4 is 0 Å². The van der Waals surface area contributed by atoms with E-state index < -0.39 is 0 Å². The Morgan fingerprint density at radius 3 is 2.00 bits per heavy atom. The minimum atomic E-state index is 0.130. The van der Waals surface area contributed by atoms with Gasteiger partial charge in [0, 0.05) is 0 Å². The Bertz CT molecular complexity index is 1480. The zero-order valence-corrected chi connectivity index (χ0v) is 22.8. The summed E-state index contributed by atoms with van der Waals surface area (Å²) in [7, 11) is 0. The Balaban J connectivity index is 1.38. The molecule has 2 aliphatic carbocycles. The van der Waals surface area contributed by atoms with Crippen molar-refractivity contribution in [1.82, 2.24) is 0 Å². The molecule has 4 aromatic rings. The highest BCUT2D eigenvalue weighted by Crippen LogP contribution is 2.44. The Labute approximate surface area is 217 Å². The van der Waals surface area contributed by atoms with E-state index in [0.717, 1.165) is 25.7 Å². The van der Waals surface area contributed by atoms with Gasteiger partial charge in [-0.1, -0.05) is 114 Å². The van der Waals surface area contributed by atoms with Gasteiger partial charge in [0.1, 0.15) is 0 Å². The van der Waals surface area contributed by atoms with E-state index in [4.69, 9.17) is 0 Å². The fourth-order valence-corrected chi connectivity index (χ4v) is 6.51. The van der Waals surface area contributed by atoms with Crippen LogP contribution in [0.2, 0.25) is 0 Å². The van der Waals surface area contributed by atoms with Crippen molar-refractivity contribution in [1.29, 1.82) is 0 Å². The number of aryl methyl sites for hydroxylation is 1. The lowest BCUT2D eigenvalue weighted by Gasteiger charge is -2.26. The van der Waals surface area contributed by atoms with Crippen LogP contribution in [0.4, 0.5) is 0 Å². The molecular weight excluding hydrogens is 432 g/mol. The maximum Gasteiger partial charge on any atom is -0.00105 e. The SMILES string of the molecule is CC(C)(C)c1ccc2c(c1)Cc1c-2ccc(C(C)(C)C)c1CCc1cccc2c1Cc1ccccc1-2. The van der Waals surface area contributed by atoms with Crippen LogP contribution in [-0.2, 0) is 36.5 Å². The van der Waals surface area contributed by atoms with Crippen LogP contribution < -0.4 is 0 Å². The van der Waals surface area contributed by atoms with Gasteiger partial charge in [-0.15, -0.1) is 0 Å². The first-order chi connectivity index (χ1) is 17.1. The Kier molecular flexibility index (Phi) is 5.31. The molecule has 36 heavy (non-hydrogen) atoms. The summed E-state index contributed by atoms with van der Waals surface area (Å²) in [6.07, 6.45) is 4.33. The van der Waals surface area contributed by atoms with E-state index in [0.29, 0.717) is 0 Å². The number of hydrogen-bond donors (Lipinski definition) is 0. The third-order valence-electron chi connectivity index (χ3n) is 8.46. The highest BCUT2D eigenvalue weighted by Gasteiger charge is 2.28. The van der Waals surface area contributed by atoms with Crippen molar-refractivity contribution in [2.75, 3.05) is 0 Å². The second-order valence-corrected chi connectivity index (χ2v) is 12.9. The largest absolute Gasteiger partial charge is 0.0619 e. The van der Waals surface area contributed by atoms with Crippen LogP contribution >= 0.6 is 0 Å². The summed E-state index contributed by atoms with van der Waals surface area (Å²) < 4.78 is 0. The summed E-state index contributed by atoms with van der Waals surface area (Å²) in [5, 5.41) is 0. The van der Waals surface area contributed by atoms with Crippen molar-refractivity contribution in [3.8, 4) is 22.3 Å². The van der Waals surface area contributed by atoms with Crippen LogP contribution in [0.15, 0.2) is 72.8 Å². The lowest BCUT2D eigenvalue weighted by molar-refractivity contribution is 0.580. The summed E-state index contributed by atoms with van der Waals surface area (Å²) in [5.41, 5.74) is 18.2. The molecule has 0 unspecified atom stereocenters. The van der Waals surface area contributed by atoms with Crippen LogP contribution in [0.3, 0.4) is 0 Å². The molecular formula is C36H38. The van der Waals surface area contributed by atoms with Crippen LogP contribution in [-0.4, -0.2) is 0 Å². The van der Waals surface area contributed by atoms with Crippen molar-refractivity contribution in [2.24, 2.45) is 0 Å². The molecule has 6 rings (SSSR count). The molecule has 0 aromatic heterocycles. The van der Waals surface area contributed by atoms with Gasteiger partial charge < -0.3 is 0 Å². The van der Waals surface area contributed by atoms with Gasteiger partial charge in [0.2, 0.25) is 0 Å². The first kappa shape index (κ1) is 23.3. The third kappa shape index (κ3) is 3.83. The van der Waals surface area contributed by atoms with Crippen molar-refractivity contribution < 1.29 is 0 Å². The predicted molar refractivity (Wildman–Crippen MR) is 154 cm³/mol. The molecule has 2 aliphatic rings. The highest BCUT2D eigenvalue weighted by molar-refractivity contribution is 5.80. The summed E-state index contributed by atoms with van der Waals surface area (Å²) in [6, 6.07) is 27.9. The molecule has 0 saturated carbocycles. The summed E-state index contributed by atoms with van der Waals surface area (Å²) in [5.74, 6) is 0. The van der Waals surface area contributed by atoms with Crippen LogP contribution in [0.5, 0.6) is 0 Å². The lowest BCUT2D eigenvalue weighted by Crippen LogP contribution is -2.16. The van der Waals surface area contributed by atoms with E-state index >= 15 is 0 Å². The van der Waals surface area contributed by atoms with E-state index in [2.05, 4.69) is 114 Å². The molecule has 0 fully saturated rings. The quantitative estimate of drug-likeness (QED) is 0.242. The molecule has 0 heteroatoms. The molecule has 0 N–H and O–H groups in total. The van der Waals surface area contributed by atoms with Crippen molar-refractivity contribution in [2.45, 2.75) is 78.1 Å². The van der Waals surface area contributed by atoms with Gasteiger partial charge >= 0.3 is 0 Å². The first-order valence-electron chi connectivity index (χ1n) is 13.6. The predicted octanol–water partition coefficient (Wildman–Crippen LogP) is 9.21. The third-order valence-corrected chi connectivity index (χ3v) is 8.46. The van der Waals surface area contributed by atoms with Crippen LogP contribution in [0.25, 0.3) is 22.3 Å². The first-order valence-corrected chi connectivity index (χ1v) is 13.6. The average molecular weight is 471 g/mol. The Morgan fingerprint density at radius 1 is 0.556 bits per heavy atom. The normalized spacial score (nSPS) is 13.8. The van der Waals surface area contributed by atoms with Gasteiger partial charge in [-0.3, -0.25) is 0 Å². The molecule has 0 heterocycles. The average Bonchev–Trinajstić information content (AvgIpc) is 3.39. The highest BCUT2D eigenvalue weighted by atomic mass is 14.3. The molecule has 0 spiro atoms. The zero-order valence-electron chi connectivity index (χ0n) is 22.8. The van der Waals surface area contributed by atoms with E-state index in [1.807, 2.05) is 0 Å². The summed E-state index contributed by atoms with van der Waals surface area (Å²) in [4.78, 5) is 0. The number of hydrogen-bond acceptors (Lipinski definition) is 0.